The Balaban J connectivity index is 2.56. The van der Waals surface area contributed by atoms with Crippen LogP contribution in [0.5, 0.6) is 0 Å². The molecular formula is C12H22N2O2S. The number of rotatable bonds is 7. The number of hydrogen-bond acceptors (Lipinski definition) is 5. The van der Waals surface area contributed by atoms with Gasteiger partial charge in [-0.1, -0.05) is 6.92 Å². The highest BCUT2D eigenvalue weighted by Crippen LogP contribution is 2.21. The first-order valence-electron chi connectivity index (χ1n) is 5.88. The third-order valence-electron chi connectivity index (χ3n) is 2.68. The van der Waals surface area contributed by atoms with Crippen LogP contribution in [0.3, 0.4) is 0 Å². The van der Waals surface area contributed by atoms with Gasteiger partial charge in [0.25, 0.3) is 0 Å². The van der Waals surface area contributed by atoms with Gasteiger partial charge in [-0.05, 0) is 20.3 Å². The van der Waals surface area contributed by atoms with Crippen LogP contribution in [0.1, 0.15) is 36.7 Å². The van der Waals surface area contributed by atoms with Crippen molar-refractivity contribution >= 4 is 11.3 Å². The molecule has 0 radical (unpaired) electrons. The van der Waals surface area contributed by atoms with E-state index < -0.39 is 0 Å². The first kappa shape index (κ1) is 14.6. The summed E-state index contributed by atoms with van der Waals surface area (Å²) in [6, 6.07) is 0.331. The summed E-state index contributed by atoms with van der Waals surface area (Å²) in [4.78, 5) is 5.74. The largest absolute Gasteiger partial charge is 0.354 e. The number of nitrogens with one attached hydrogen (secondary N) is 1. The minimum atomic E-state index is -0.233. The van der Waals surface area contributed by atoms with E-state index in [1.54, 1.807) is 25.6 Å². The second kappa shape index (κ2) is 7.06. The predicted octanol–water partition coefficient (Wildman–Crippen LogP) is 2.36. The average molecular weight is 258 g/mol. The molecule has 17 heavy (non-hydrogen) atoms. The van der Waals surface area contributed by atoms with Crippen LogP contribution < -0.4 is 5.32 Å². The molecule has 0 aromatic carbocycles. The number of aryl methyl sites for hydroxylation is 1. The molecule has 0 saturated heterocycles. The molecule has 0 aliphatic rings. The van der Waals surface area contributed by atoms with Crippen molar-refractivity contribution in [3.63, 3.8) is 0 Å². The summed E-state index contributed by atoms with van der Waals surface area (Å²) < 4.78 is 10.4. The maximum atomic E-state index is 5.22. The molecule has 0 bridgehead atoms. The van der Waals surface area contributed by atoms with Gasteiger partial charge in [0.1, 0.15) is 5.01 Å². The molecule has 1 rings (SSSR count). The van der Waals surface area contributed by atoms with Gasteiger partial charge in [0, 0.05) is 25.3 Å². The third-order valence-corrected chi connectivity index (χ3v) is 4.00. The molecule has 5 heteroatoms. The van der Waals surface area contributed by atoms with Crippen LogP contribution in [0.15, 0.2) is 6.20 Å². The first-order valence-corrected chi connectivity index (χ1v) is 6.70. The first-order chi connectivity index (χ1) is 8.12. The van der Waals surface area contributed by atoms with E-state index in [4.69, 9.17) is 9.47 Å². The fraction of sp³-hybridized carbons (Fsp3) is 0.750. The molecule has 0 saturated carbocycles. The van der Waals surface area contributed by atoms with Crippen molar-refractivity contribution in [2.24, 2.45) is 0 Å². The smallest absolute Gasteiger partial charge is 0.171 e. The van der Waals surface area contributed by atoms with E-state index in [1.807, 2.05) is 13.1 Å². The standard InChI is InChI=1S/C12H22N2O2S/c1-6-10-7-13-11(17-10)8(2)14-9(3)12(15-4)16-5/h7-9,12,14H,6H2,1-5H3. The lowest BCUT2D eigenvalue weighted by Crippen LogP contribution is -2.40. The van der Waals surface area contributed by atoms with Crippen LogP contribution in [-0.4, -0.2) is 31.5 Å². The molecule has 0 amide bonds. The highest BCUT2D eigenvalue weighted by atomic mass is 32.1. The van der Waals surface area contributed by atoms with Crippen molar-refractivity contribution in [3.05, 3.63) is 16.1 Å². The fourth-order valence-electron chi connectivity index (χ4n) is 1.73. The number of nitrogens with zero attached hydrogens (tertiary/aromatic N) is 1. The molecular weight excluding hydrogens is 236 g/mol. The molecule has 2 atom stereocenters. The molecule has 4 nitrogen and oxygen atoms in total. The Bertz CT molecular complexity index is 326. The number of aromatic nitrogens is 1. The van der Waals surface area contributed by atoms with Crippen LogP contribution >= 0.6 is 11.3 Å². The Kier molecular flexibility index (Phi) is 6.05. The molecule has 1 N–H and O–H groups in total. The van der Waals surface area contributed by atoms with Gasteiger partial charge >= 0.3 is 0 Å². The van der Waals surface area contributed by atoms with Crippen LogP contribution in [0.25, 0.3) is 0 Å². The predicted molar refractivity (Wildman–Crippen MR) is 70.3 cm³/mol. The van der Waals surface area contributed by atoms with Crippen molar-refractivity contribution in [1.29, 1.82) is 0 Å². The summed E-state index contributed by atoms with van der Waals surface area (Å²) in [5.41, 5.74) is 0. The van der Waals surface area contributed by atoms with Crippen molar-refractivity contribution < 1.29 is 9.47 Å². The highest BCUT2D eigenvalue weighted by molar-refractivity contribution is 7.11. The molecule has 0 fully saturated rings. The van der Waals surface area contributed by atoms with Gasteiger partial charge in [-0.25, -0.2) is 4.98 Å². The van der Waals surface area contributed by atoms with Gasteiger partial charge < -0.3 is 14.8 Å². The van der Waals surface area contributed by atoms with E-state index in [2.05, 4.69) is 24.1 Å². The minimum absolute atomic E-state index is 0.119. The summed E-state index contributed by atoms with van der Waals surface area (Å²) in [5.74, 6) is 0. The number of methoxy groups -OCH3 is 2. The molecule has 1 aromatic rings. The molecule has 0 aliphatic heterocycles. The zero-order valence-electron chi connectivity index (χ0n) is 11.2. The second-order valence-electron chi connectivity index (χ2n) is 4.04. The maximum Gasteiger partial charge on any atom is 0.171 e. The van der Waals surface area contributed by atoms with Crippen LogP contribution in [0.4, 0.5) is 0 Å². The average Bonchev–Trinajstić information content (AvgIpc) is 2.79. The van der Waals surface area contributed by atoms with Gasteiger partial charge in [0.05, 0.1) is 12.1 Å². The zero-order chi connectivity index (χ0) is 12.8. The van der Waals surface area contributed by atoms with Crippen molar-refractivity contribution in [1.82, 2.24) is 10.3 Å². The molecule has 1 aromatic heterocycles. The topological polar surface area (TPSA) is 43.4 Å². The normalized spacial score (nSPS) is 15.2. The molecule has 1 heterocycles. The fourth-order valence-corrected chi connectivity index (χ4v) is 2.60. The zero-order valence-corrected chi connectivity index (χ0v) is 12.0. The van der Waals surface area contributed by atoms with Crippen LogP contribution in [0.2, 0.25) is 0 Å². The molecule has 0 aliphatic carbocycles. The van der Waals surface area contributed by atoms with E-state index in [9.17, 15) is 0 Å². The maximum absolute atomic E-state index is 5.22. The van der Waals surface area contributed by atoms with Gasteiger partial charge in [0.2, 0.25) is 0 Å². The Morgan fingerprint density at radius 2 is 2.00 bits per heavy atom. The SMILES string of the molecule is CCc1cnc(C(C)NC(C)C(OC)OC)s1. The van der Waals surface area contributed by atoms with E-state index >= 15 is 0 Å². The van der Waals surface area contributed by atoms with E-state index in [0.29, 0.717) is 0 Å². The minimum Gasteiger partial charge on any atom is -0.354 e. The second-order valence-corrected chi connectivity index (χ2v) is 5.18. The quantitative estimate of drug-likeness (QED) is 0.763. The Labute approximate surface area is 107 Å². The van der Waals surface area contributed by atoms with Gasteiger partial charge in [-0.15, -0.1) is 11.3 Å². The summed E-state index contributed by atoms with van der Waals surface area (Å²) in [7, 11) is 3.30. The van der Waals surface area contributed by atoms with Gasteiger partial charge in [0.15, 0.2) is 6.29 Å². The van der Waals surface area contributed by atoms with E-state index in [1.165, 1.54) is 4.88 Å². The van der Waals surface area contributed by atoms with Crippen LogP contribution in [0, 0.1) is 0 Å². The van der Waals surface area contributed by atoms with Crippen molar-refractivity contribution in [2.75, 3.05) is 14.2 Å². The van der Waals surface area contributed by atoms with Gasteiger partial charge in [-0.2, -0.15) is 0 Å². The summed E-state index contributed by atoms with van der Waals surface area (Å²) in [5, 5.41) is 4.54. The van der Waals surface area contributed by atoms with Crippen molar-refractivity contribution in [3.8, 4) is 0 Å². The molecule has 2 unspecified atom stereocenters. The van der Waals surface area contributed by atoms with Gasteiger partial charge in [-0.3, -0.25) is 0 Å². The number of hydrogen-bond donors (Lipinski definition) is 1. The number of thiazole rings is 1. The van der Waals surface area contributed by atoms with E-state index in [0.717, 1.165) is 11.4 Å². The third kappa shape index (κ3) is 4.03. The highest BCUT2D eigenvalue weighted by Gasteiger charge is 2.19. The molecule has 98 valence electrons. The van der Waals surface area contributed by atoms with Crippen LogP contribution in [-0.2, 0) is 15.9 Å². The summed E-state index contributed by atoms with van der Waals surface area (Å²) in [6.45, 7) is 6.30. The lowest BCUT2D eigenvalue weighted by atomic mass is 10.2. The Morgan fingerprint density at radius 1 is 1.35 bits per heavy atom. The summed E-state index contributed by atoms with van der Waals surface area (Å²) in [6.07, 6.45) is 2.76. The van der Waals surface area contributed by atoms with Crippen molar-refractivity contribution in [2.45, 2.75) is 45.6 Å². The van der Waals surface area contributed by atoms with E-state index in [-0.39, 0.29) is 18.4 Å². The lowest BCUT2D eigenvalue weighted by Gasteiger charge is -2.24. The number of ether oxygens (including phenoxy) is 2. The molecule has 0 spiro atoms. The Hall–Kier alpha value is -0.490. The lowest BCUT2D eigenvalue weighted by molar-refractivity contribution is -0.120. The Morgan fingerprint density at radius 3 is 2.47 bits per heavy atom. The monoisotopic (exact) mass is 258 g/mol. The summed E-state index contributed by atoms with van der Waals surface area (Å²) >= 11 is 1.75.